The second kappa shape index (κ2) is 8.89. The molecule has 1 aromatic heterocycles. The number of piperidine rings is 1. The molecule has 1 aliphatic rings. The van der Waals surface area contributed by atoms with Crippen LogP contribution in [0.15, 0.2) is 30.3 Å². The van der Waals surface area contributed by atoms with E-state index < -0.39 is 0 Å². The predicted molar refractivity (Wildman–Crippen MR) is 105 cm³/mol. The summed E-state index contributed by atoms with van der Waals surface area (Å²) in [5.74, 6) is 0.739. The molecule has 1 fully saturated rings. The number of hydrogen-bond donors (Lipinski definition) is 1. The van der Waals surface area contributed by atoms with Gasteiger partial charge < -0.3 is 10.2 Å². The molecule has 0 saturated carbocycles. The number of nitrogens with zero attached hydrogens (tertiary/aromatic N) is 3. The molecule has 3 rings (SSSR count). The van der Waals surface area contributed by atoms with Gasteiger partial charge in [-0.05, 0) is 49.1 Å². The molecule has 0 bridgehead atoms. The maximum Gasteiger partial charge on any atom is 0.224 e. The van der Waals surface area contributed by atoms with Crippen molar-refractivity contribution in [2.24, 2.45) is 5.92 Å². The monoisotopic (exact) mass is 412 g/mol. The minimum atomic E-state index is -0.0677. The minimum absolute atomic E-state index is 0.0571. The van der Waals surface area contributed by atoms with Crippen LogP contribution in [0.5, 0.6) is 0 Å². The smallest absolute Gasteiger partial charge is 0.224 e. The summed E-state index contributed by atoms with van der Waals surface area (Å²) in [6.07, 6.45) is 2.47. The zero-order chi connectivity index (χ0) is 18.5. The van der Waals surface area contributed by atoms with Crippen LogP contribution >= 0.6 is 34.8 Å². The summed E-state index contributed by atoms with van der Waals surface area (Å²) in [6.45, 7) is 2.03. The van der Waals surface area contributed by atoms with Gasteiger partial charge in [-0.1, -0.05) is 40.9 Å². The standard InChI is InChI=1S/C18H19Cl3N4O/c19-14-4-3-12(15(20)10-14)7-8-22-18(26)13-2-1-9-25(11-13)17-6-5-16(21)23-24-17/h3-6,10,13H,1-2,7-9,11H2,(H,22,26)/t13-/m1/s1. The van der Waals surface area contributed by atoms with Gasteiger partial charge in [0.15, 0.2) is 11.0 Å². The summed E-state index contributed by atoms with van der Waals surface area (Å²) in [5.41, 5.74) is 0.970. The zero-order valence-corrected chi connectivity index (χ0v) is 16.4. The Morgan fingerprint density at radius 1 is 1.19 bits per heavy atom. The number of amides is 1. The van der Waals surface area contributed by atoms with Crippen molar-refractivity contribution in [1.29, 1.82) is 0 Å². The van der Waals surface area contributed by atoms with Crippen LogP contribution in [0, 0.1) is 5.92 Å². The molecule has 2 aromatic rings. The first-order chi connectivity index (χ1) is 12.5. The van der Waals surface area contributed by atoms with Crippen molar-refractivity contribution in [2.75, 3.05) is 24.5 Å². The molecule has 1 aromatic carbocycles. The molecule has 138 valence electrons. The summed E-state index contributed by atoms with van der Waals surface area (Å²) in [7, 11) is 0. The van der Waals surface area contributed by atoms with Gasteiger partial charge in [-0.25, -0.2) is 0 Å². The van der Waals surface area contributed by atoms with Gasteiger partial charge in [0.05, 0.1) is 5.92 Å². The van der Waals surface area contributed by atoms with Crippen LogP contribution < -0.4 is 10.2 Å². The molecule has 26 heavy (non-hydrogen) atoms. The van der Waals surface area contributed by atoms with Crippen LogP contribution in [0.25, 0.3) is 0 Å². The summed E-state index contributed by atoms with van der Waals surface area (Å²) in [5, 5.41) is 12.6. The van der Waals surface area contributed by atoms with E-state index in [0.717, 1.165) is 30.8 Å². The summed E-state index contributed by atoms with van der Waals surface area (Å²) in [6, 6.07) is 8.95. The topological polar surface area (TPSA) is 58.1 Å². The molecule has 1 saturated heterocycles. The summed E-state index contributed by atoms with van der Waals surface area (Å²) >= 11 is 17.8. The van der Waals surface area contributed by atoms with E-state index in [9.17, 15) is 4.79 Å². The third-order valence-corrected chi connectivity index (χ3v) is 5.23. The Morgan fingerprint density at radius 3 is 2.77 bits per heavy atom. The van der Waals surface area contributed by atoms with Gasteiger partial charge in [0, 0.05) is 29.7 Å². The third-order valence-electron chi connectivity index (χ3n) is 4.44. The Morgan fingerprint density at radius 2 is 2.04 bits per heavy atom. The van der Waals surface area contributed by atoms with Crippen molar-refractivity contribution in [1.82, 2.24) is 15.5 Å². The highest BCUT2D eigenvalue weighted by Gasteiger charge is 2.26. The Bertz CT molecular complexity index is 770. The Balaban J connectivity index is 1.51. The first-order valence-corrected chi connectivity index (χ1v) is 9.62. The van der Waals surface area contributed by atoms with Crippen molar-refractivity contribution >= 4 is 46.5 Å². The van der Waals surface area contributed by atoms with E-state index in [1.807, 2.05) is 12.1 Å². The van der Waals surface area contributed by atoms with Gasteiger partial charge in [0.2, 0.25) is 5.91 Å². The lowest BCUT2D eigenvalue weighted by Crippen LogP contribution is -2.43. The van der Waals surface area contributed by atoms with Crippen LogP contribution in [0.3, 0.4) is 0 Å². The fourth-order valence-corrected chi connectivity index (χ4v) is 3.67. The van der Waals surface area contributed by atoms with Crippen molar-refractivity contribution in [3.63, 3.8) is 0 Å². The van der Waals surface area contributed by atoms with Crippen LogP contribution in [-0.4, -0.2) is 35.7 Å². The van der Waals surface area contributed by atoms with Crippen LogP contribution in [0.4, 0.5) is 5.82 Å². The molecule has 0 radical (unpaired) electrons. The lowest BCUT2D eigenvalue weighted by molar-refractivity contribution is -0.125. The van der Waals surface area contributed by atoms with Crippen molar-refractivity contribution in [2.45, 2.75) is 19.3 Å². The Labute approximate surface area is 167 Å². The number of anilines is 1. The van der Waals surface area contributed by atoms with E-state index in [-0.39, 0.29) is 11.8 Å². The second-order valence-electron chi connectivity index (χ2n) is 6.28. The first kappa shape index (κ1) is 19.2. The molecule has 0 unspecified atom stereocenters. The molecule has 1 amide bonds. The molecule has 0 spiro atoms. The quantitative estimate of drug-likeness (QED) is 0.804. The number of carbonyl (C=O) groups excluding carboxylic acids is 1. The molecule has 5 nitrogen and oxygen atoms in total. The predicted octanol–water partition coefficient (Wildman–Crippen LogP) is 4.01. The fourth-order valence-electron chi connectivity index (χ4n) is 3.07. The highest BCUT2D eigenvalue weighted by Crippen LogP contribution is 2.23. The molecular formula is C18H19Cl3N4O. The molecule has 1 N–H and O–H groups in total. The first-order valence-electron chi connectivity index (χ1n) is 8.49. The van der Waals surface area contributed by atoms with Crippen molar-refractivity contribution in [3.05, 3.63) is 51.1 Å². The number of rotatable bonds is 5. The van der Waals surface area contributed by atoms with Crippen LogP contribution in [-0.2, 0) is 11.2 Å². The Hall–Kier alpha value is -1.56. The van der Waals surface area contributed by atoms with E-state index in [0.29, 0.717) is 34.7 Å². The summed E-state index contributed by atoms with van der Waals surface area (Å²) in [4.78, 5) is 14.6. The Kier molecular flexibility index (Phi) is 6.57. The third kappa shape index (κ3) is 5.00. The number of carbonyl (C=O) groups is 1. The van der Waals surface area contributed by atoms with E-state index in [1.54, 1.807) is 18.2 Å². The van der Waals surface area contributed by atoms with Gasteiger partial charge in [-0.15, -0.1) is 10.2 Å². The number of aromatic nitrogens is 2. The molecule has 2 heterocycles. The largest absolute Gasteiger partial charge is 0.355 e. The van der Waals surface area contributed by atoms with Crippen LogP contribution in [0.1, 0.15) is 18.4 Å². The van der Waals surface area contributed by atoms with Crippen LogP contribution in [0.2, 0.25) is 15.2 Å². The zero-order valence-electron chi connectivity index (χ0n) is 14.1. The van der Waals surface area contributed by atoms with Gasteiger partial charge in [0.25, 0.3) is 0 Å². The number of halogens is 3. The number of nitrogens with one attached hydrogen (secondary N) is 1. The molecular weight excluding hydrogens is 395 g/mol. The van der Waals surface area contributed by atoms with Crippen molar-refractivity contribution < 1.29 is 4.79 Å². The maximum absolute atomic E-state index is 12.5. The fraction of sp³-hybridized carbons (Fsp3) is 0.389. The highest BCUT2D eigenvalue weighted by molar-refractivity contribution is 6.35. The maximum atomic E-state index is 12.5. The van der Waals surface area contributed by atoms with Gasteiger partial charge in [-0.3, -0.25) is 4.79 Å². The molecule has 1 atom stereocenters. The molecule has 0 aliphatic carbocycles. The molecule has 1 aliphatic heterocycles. The second-order valence-corrected chi connectivity index (χ2v) is 7.51. The summed E-state index contributed by atoms with van der Waals surface area (Å²) < 4.78 is 0. The number of benzene rings is 1. The van der Waals surface area contributed by atoms with E-state index >= 15 is 0 Å². The normalized spacial score (nSPS) is 17.2. The average Bonchev–Trinajstić information content (AvgIpc) is 2.64. The number of hydrogen-bond acceptors (Lipinski definition) is 4. The van der Waals surface area contributed by atoms with E-state index in [4.69, 9.17) is 34.8 Å². The SMILES string of the molecule is O=C(NCCc1ccc(Cl)cc1Cl)[C@@H]1CCCN(c2ccc(Cl)nn2)C1. The highest BCUT2D eigenvalue weighted by atomic mass is 35.5. The minimum Gasteiger partial charge on any atom is -0.355 e. The van der Waals surface area contributed by atoms with E-state index in [2.05, 4.69) is 20.4 Å². The van der Waals surface area contributed by atoms with E-state index in [1.165, 1.54) is 0 Å². The van der Waals surface area contributed by atoms with Gasteiger partial charge in [-0.2, -0.15) is 0 Å². The lowest BCUT2D eigenvalue weighted by atomic mass is 9.97. The van der Waals surface area contributed by atoms with Crippen molar-refractivity contribution in [3.8, 4) is 0 Å². The molecule has 8 heteroatoms. The van der Waals surface area contributed by atoms with Gasteiger partial charge >= 0.3 is 0 Å². The average molecular weight is 414 g/mol. The lowest BCUT2D eigenvalue weighted by Gasteiger charge is -2.32. The van der Waals surface area contributed by atoms with Gasteiger partial charge in [0.1, 0.15) is 0 Å².